The Labute approximate surface area is 109 Å². The van der Waals surface area contributed by atoms with Crippen molar-refractivity contribution in [2.45, 2.75) is 18.9 Å². The van der Waals surface area contributed by atoms with Gasteiger partial charge in [0.15, 0.2) is 5.65 Å². The Morgan fingerprint density at radius 2 is 2.41 bits per heavy atom. The number of nitrogen functional groups attached to an aromatic ring is 1. The first-order valence-electron chi connectivity index (χ1n) is 5.62. The van der Waals surface area contributed by atoms with Crippen LogP contribution in [-0.2, 0) is 0 Å². The number of hydrogen-bond acceptors (Lipinski definition) is 4. The molecular weight excluding hydrogens is 256 g/mol. The lowest BCUT2D eigenvalue weighted by Crippen LogP contribution is -2.18. The molecule has 1 saturated heterocycles. The van der Waals surface area contributed by atoms with Gasteiger partial charge < -0.3 is 5.73 Å². The number of halogens is 1. The van der Waals surface area contributed by atoms with Crippen LogP contribution in [0.4, 0.5) is 5.95 Å². The van der Waals surface area contributed by atoms with Gasteiger partial charge in [0.1, 0.15) is 5.52 Å². The number of nitrogens with zero attached hydrogens (tertiary/aromatic N) is 3. The lowest BCUT2D eigenvalue weighted by Gasteiger charge is -2.23. The van der Waals surface area contributed by atoms with Crippen LogP contribution in [0.2, 0.25) is 5.02 Å². The fourth-order valence-electron chi connectivity index (χ4n) is 2.26. The quantitative estimate of drug-likeness (QED) is 0.864. The summed E-state index contributed by atoms with van der Waals surface area (Å²) in [4.78, 5) is 8.69. The van der Waals surface area contributed by atoms with Crippen LogP contribution in [0.15, 0.2) is 12.3 Å². The van der Waals surface area contributed by atoms with E-state index in [1.807, 2.05) is 17.8 Å². The van der Waals surface area contributed by atoms with Gasteiger partial charge in [-0.05, 0) is 24.7 Å². The molecule has 2 aromatic rings. The van der Waals surface area contributed by atoms with Crippen LogP contribution < -0.4 is 5.73 Å². The van der Waals surface area contributed by atoms with Crippen molar-refractivity contribution in [3.63, 3.8) is 0 Å². The third-order valence-electron chi connectivity index (χ3n) is 3.03. The monoisotopic (exact) mass is 268 g/mol. The van der Waals surface area contributed by atoms with Crippen molar-refractivity contribution in [2.24, 2.45) is 0 Å². The van der Waals surface area contributed by atoms with Crippen molar-refractivity contribution in [3.8, 4) is 0 Å². The smallest absolute Gasteiger partial charge is 0.202 e. The summed E-state index contributed by atoms with van der Waals surface area (Å²) in [5, 5.41) is 0.597. The van der Waals surface area contributed by atoms with Gasteiger partial charge in [0.05, 0.1) is 5.02 Å². The summed E-state index contributed by atoms with van der Waals surface area (Å²) < 4.78 is 2.05. The van der Waals surface area contributed by atoms with Crippen LogP contribution in [0, 0.1) is 0 Å². The van der Waals surface area contributed by atoms with Crippen molar-refractivity contribution in [3.05, 3.63) is 17.3 Å². The summed E-state index contributed by atoms with van der Waals surface area (Å²) in [7, 11) is 0. The zero-order chi connectivity index (χ0) is 11.8. The van der Waals surface area contributed by atoms with E-state index < -0.39 is 0 Å². The van der Waals surface area contributed by atoms with E-state index in [9.17, 15) is 0 Å². The predicted octanol–water partition coefficient (Wildman–Crippen LogP) is 2.74. The van der Waals surface area contributed by atoms with Crippen LogP contribution in [0.3, 0.4) is 0 Å². The SMILES string of the molecule is Nc1nc2cc(Cl)cnc2n1C1CCCSC1. The number of anilines is 1. The van der Waals surface area contributed by atoms with Gasteiger partial charge in [0.25, 0.3) is 0 Å². The molecule has 1 aliphatic heterocycles. The molecule has 1 fully saturated rings. The molecule has 17 heavy (non-hydrogen) atoms. The van der Waals surface area contributed by atoms with Crippen LogP contribution in [0.1, 0.15) is 18.9 Å². The molecule has 2 N–H and O–H groups in total. The molecule has 0 aliphatic carbocycles. The first-order valence-corrected chi connectivity index (χ1v) is 7.15. The molecule has 0 radical (unpaired) electrons. The van der Waals surface area contributed by atoms with Crippen LogP contribution in [0.25, 0.3) is 11.2 Å². The molecule has 6 heteroatoms. The lowest BCUT2D eigenvalue weighted by molar-refractivity contribution is 0.514. The number of pyridine rings is 1. The van der Waals surface area contributed by atoms with Crippen molar-refractivity contribution >= 4 is 40.5 Å². The average Bonchev–Trinajstić information content (AvgIpc) is 2.65. The summed E-state index contributed by atoms with van der Waals surface area (Å²) in [5.74, 6) is 2.87. The third-order valence-corrected chi connectivity index (χ3v) is 4.43. The van der Waals surface area contributed by atoms with E-state index in [0.717, 1.165) is 23.3 Å². The van der Waals surface area contributed by atoms with Gasteiger partial charge in [0, 0.05) is 18.0 Å². The second-order valence-corrected chi connectivity index (χ2v) is 5.79. The third kappa shape index (κ3) is 1.98. The normalized spacial score (nSPS) is 20.9. The van der Waals surface area contributed by atoms with Crippen molar-refractivity contribution in [2.75, 3.05) is 17.2 Å². The number of fused-ring (bicyclic) bond motifs is 1. The predicted molar refractivity (Wildman–Crippen MR) is 72.5 cm³/mol. The Morgan fingerprint density at radius 3 is 3.18 bits per heavy atom. The molecule has 0 aromatic carbocycles. The molecule has 4 nitrogen and oxygen atoms in total. The summed E-state index contributed by atoms with van der Waals surface area (Å²) in [6.45, 7) is 0. The Hall–Kier alpha value is -0.940. The van der Waals surface area contributed by atoms with Gasteiger partial charge in [-0.2, -0.15) is 11.8 Å². The van der Waals surface area contributed by atoms with E-state index >= 15 is 0 Å². The second-order valence-electron chi connectivity index (χ2n) is 4.21. The summed E-state index contributed by atoms with van der Waals surface area (Å²) >= 11 is 7.87. The Morgan fingerprint density at radius 1 is 1.53 bits per heavy atom. The molecule has 1 unspecified atom stereocenters. The van der Waals surface area contributed by atoms with E-state index in [4.69, 9.17) is 17.3 Å². The standard InChI is InChI=1S/C11H13ClN4S/c12-7-4-9-10(14-5-7)16(11(13)15-9)8-2-1-3-17-6-8/h4-5,8H,1-3,6H2,(H2,13,15). The molecule has 1 aliphatic rings. The zero-order valence-electron chi connectivity index (χ0n) is 9.27. The fourth-order valence-corrected chi connectivity index (χ4v) is 3.54. The van der Waals surface area contributed by atoms with Crippen LogP contribution in [-0.4, -0.2) is 26.0 Å². The molecule has 1 atom stereocenters. The largest absolute Gasteiger partial charge is 0.369 e. The van der Waals surface area contributed by atoms with E-state index in [2.05, 4.69) is 14.5 Å². The van der Waals surface area contributed by atoms with E-state index in [1.165, 1.54) is 12.2 Å². The number of nitrogens with two attached hydrogens (primary N) is 1. The molecule has 0 spiro atoms. The number of aromatic nitrogens is 3. The van der Waals surface area contributed by atoms with E-state index in [-0.39, 0.29) is 0 Å². The van der Waals surface area contributed by atoms with Crippen LogP contribution in [0.5, 0.6) is 0 Å². The maximum Gasteiger partial charge on any atom is 0.202 e. The summed E-state index contributed by atoms with van der Waals surface area (Å²) in [6, 6.07) is 2.22. The molecular formula is C11H13ClN4S. The maximum atomic E-state index is 5.99. The topological polar surface area (TPSA) is 56.7 Å². The van der Waals surface area contributed by atoms with Gasteiger partial charge in [-0.15, -0.1) is 0 Å². The van der Waals surface area contributed by atoms with Gasteiger partial charge in [-0.1, -0.05) is 11.6 Å². The van der Waals surface area contributed by atoms with Gasteiger partial charge in [-0.25, -0.2) is 9.97 Å². The first-order chi connectivity index (χ1) is 8.25. The van der Waals surface area contributed by atoms with E-state index in [0.29, 0.717) is 17.0 Å². The van der Waals surface area contributed by atoms with Crippen LogP contribution >= 0.6 is 23.4 Å². The number of thioether (sulfide) groups is 1. The molecule has 3 heterocycles. The minimum atomic E-state index is 0.410. The fraction of sp³-hybridized carbons (Fsp3) is 0.455. The van der Waals surface area contributed by atoms with Crippen molar-refractivity contribution in [1.82, 2.24) is 14.5 Å². The number of rotatable bonds is 1. The van der Waals surface area contributed by atoms with Gasteiger partial charge in [0.2, 0.25) is 5.95 Å². The molecule has 0 bridgehead atoms. The Bertz CT molecular complexity index is 548. The van der Waals surface area contributed by atoms with Gasteiger partial charge in [-0.3, -0.25) is 4.57 Å². The highest BCUT2D eigenvalue weighted by Crippen LogP contribution is 2.31. The Balaban J connectivity index is 2.11. The number of hydrogen-bond donors (Lipinski definition) is 1. The lowest BCUT2D eigenvalue weighted by atomic mass is 10.2. The van der Waals surface area contributed by atoms with E-state index in [1.54, 1.807) is 6.20 Å². The second kappa shape index (κ2) is 4.38. The Kier molecular flexibility index (Phi) is 2.88. The highest BCUT2D eigenvalue weighted by molar-refractivity contribution is 7.99. The minimum absolute atomic E-state index is 0.410. The summed E-state index contributed by atoms with van der Waals surface area (Å²) in [6.07, 6.45) is 4.02. The molecule has 3 rings (SSSR count). The summed E-state index contributed by atoms with van der Waals surface area (Å²) in [5.41, 5.74) is 7.62. The maximum absolute atomic E-state index is 5.99. The highest BCUT2D eigenvalue weighted by Gasteiger charge is 2.21. The number of imidazole rings is 1. The molecule has 0 saturated carbocycles. The van der Waals surface area contributed by atoms with Gasteiger partial charge >= 0.3 is 0 Å². The highest BCUT2D eigenvalue weighted by atomic mass is 35.5. The van der Waals surface area contributed by atoms with Crippen molar-refractivity contribution in [1.29, 1.82) is 0 Å². The minimum Gasteiger partial charge on any atom is -0.369 e. The zero-order valence-corrected chi connectivity index (χ0v) is 10.8. The average molecular weight is 269 g/mol. The molecule has 2 aromatic heterocycles. The first kappa shape index (κ1) is 11.2. The molecule has 90 valence electrons. The molecule has 0 amide bonds. The van der Waals surface area contributed by atoms with Crippen molar-refractivity contribution < 1.29 is 0 Å².